The van der Waals surface area contributed by atoms with E-state index in [4.69, 9.17) is 10.6 Å². The van der Waals surface area contributed by atoms with Crippen molar-refractivity contribution in [2.45, 2.75) is 35.7 Å². The van der Waals surface area contributed by atoms with E-state index in [9.17, 15) is 13.2 Å². The predicted octanol–water partition coefficient (Wildman–Crippen LogP) is 5.18. The fourth-order valence-electron chi connectivity index (χ4n) is 3.83. The molecule has 0 spiro atoms. The maximum Gasteiger partial charge on any atom is 0.446 e. The molecule has 2 unspecified atom stereocenters. The van der Waals surface area contributed by atoms with Crippen LogP contribution >= 0.6 is 11.8 Å². The number of rotatable bonds is 5. The van der Waals surface area contributed by atoms with Crippen LogP contribution in [0.5, 0.6) is 5.75 Å². The Morgan fingerprint density at radius 3 is 2.59 bits per heavy atom. The maximum atomic E-state index is 12.8. The number of alkyl halides is 3. The summed E-state index contributed by atoms with van der Waals surface area (Å²) in [6.45, 7) is 0.803. The van der Waals surface area contributed by atoms with Crippen LogP contribution in [0.3, 0.4) is 0 Å². The van der Waals surface area contributed by atoms with Crippen molar-refractivity contribution in [3.63, 3.8) is 0 Å². The van der Waals surface area contributed by atoms with Crippen LogP contribution in [0.25, 0.3) is 0 Å². The van der Waals surface area contributed by atoms with E-state index in [1.165, 1.54) is 6.07 Å². The molecular weight excluding hydrogens is 373 g/mol. The first-order chi connectivity index (χ1) is 12.9. The zero-order valence-corrected chi connectivity index (χ0v) is 15.9. The van der Waals surface area contributed by atoms with Gasteiger partial charge in [0, 0.05) is 11.4 Å². The normalized spacial score (nSPS) is 21.2. The summed E-state index contributed by atoms with van der Waals surface area (Å²) in [4.78, 5) is 0.176. The van der Waals surface area contributed by atoms with Crippen molar-refractivity contribution in [3.05, 3.63) is 59.7 Å². The van der Waals surface area contributed by atoms with Gasteiger partial charge in [0.1, 0.15) is 5.75 Å². The lowest BCUT2D eigenvalue weighted by Gasteiger charge is -2.39. The molecule has 1 fully saturated rings. The predicted molar refractivity (Wildman–Crippen MR) is 101 cm³/mol. The Bertz CT molecular complexity index is 755. The Morgan fingerprint density at radius 1 is 1.19 bits per heavy atom. The van der Waals surface area contributed by atoms with Crippen molar-refractivity contribution in [1.82, 2.24) is 5.01 Å². The highest BCUT2D eigenvalue weighted by molar-refractivity contribution is 8.00. The number of nitrogens with two attached hydrogens (primary N) is 1. The minimum absolute atomic E-state index is 0.0311. The summed E-state index contributed by atoms with van der Waals surface area (Å²) in [6, 6.07) is 14.7. The number of piperidine rings is 1. The Kier molecular flexibility index (Phi) is 6.34. The molecule has 0 aromatic heterocycles. The van der Waals surface area contributed by atoms with E-state index in [1.807, 2.05) is 23.2 Å². The second kappa shape index (κ2) is 8.54. The van der Waals surface area contributed by atoms with Crippen LogP contribution in [0.1, 0.15) is 30.0 Å². The molecule has 2 aromatic rings. The van der Waals surface area contributed by atoms with Gasteiger partial charge in [-0.2, -0.15) is 13.2 Å². The molecule has 7 heteroatoms. The van der Waals surface area contributed by atoms with Gasteiger partial charge in [-0.25, -0.2) is 5.01 Å². The summed E-state index contributed by atoms with van der Waals surface area (Å²) in [5.74, 6) is 7.10. The third kappa shape index (κ3) is 5.18. The van der Waals surface area contributed by atoms with Gasteiger partial charge in [-0.3, -0.25) is 5.84 Å². The molecule has 1 aliphatic heterocycles. The van der Waals surface area contributed by atoms with E-state index < -0.39 is 5.51 Å². The summed E-state index contributed by atoms with van der Waals surface area (Å²) in [5, 5.41) is 1.85. The zero-order valence-electron chi connectivity index (χ0n) is 15.1. The fourth-order valence-corrected chi connectivity index (χ4v) is 4.43. The fraction of sp³-hybridized carbons (Fsp3) is 0.400. The third-order valence-electron chi connectivity index (χ3n) is 4.90. The first kappa shape index (κ1) is 20.0. The lowest BCUT2D eigenvalue weighted by molar-refractivity contribution is -0.0328. The number of hydrogen-bond acceptors (Lipinski definition) is 4. The number of halogens is 3. The van der Waals surface area contributed by atoms with Crippen LogP contribution in [0.2, 0.25) is 0 Å². The molecule has 2 atom stereocenters. The van der Waals surface area contributed by atoms with E-state index in [0.29, 0.717) is 12.2 Å². The summed E-state index contributed by atoms with van der Waals surface area (Å²) in [7, 11) is 1.54. The molecule has 0 saturated carbocycles. The van der Waals surface area contributed by atoms with E-state index in [2.05, 4.69) is 12.1 Å². The smallest absolute Gasteiger partial charge is 0.446 e. The van der Waals surface area contributed by atoms with Gasteiger partial charge >= 0.3 is 5.51 Å². The standard InChI is InChI=1S/C20H23F3N2OS/c1-26-18-10-9-17(27-20(21,22)23)13-16(18)12-15-8-5-11-25(24)19(15)14-6-3-2-4-7-14/h2-4,6-7,9-10,13,15,19H,5,8,11-12,24H2,1H3. The van der Waals surface area contributed by atoms with E-state index in [-0.39, 0.29) is 28.6 Å². The highest BCUT2D eigenvalue weighted by Crippen LogP contribution is 2.41. The number of hydrogen-bond donors (Lipinski definition) is 1. The number of methoxy groups -OCH3 is 1. The van der Waals surface area contributed by atoms with E-state index in [0.717, 1.165) is 30.5 Å². The van der Waals surface area contributed by atoms with Crippen LogP contribution in [-0.2, 0) is 6.42 Å². The molecule has 0 radical (unpaired) electrons. The highest BCUT2D eigenvalue weighted by Gasteiger charge is 2.33. The quantitative estimate of drug-likeness (QED) is 0.559. The van der Waals surface area contributed by atoms with Gasteiger partial charge in [0.25, 0.3) is 0 Å². The van der Waals surface area contributed by atoms with Crippen LogP contribution in [0, 0.1) is 5.92 Å². The Hall–Kier alpha value is -1.70. The average Bonchev–Trinajstić information content (AvgIpc) is 2.61. The number of benzene rings is 2. The molecule has 3 rings (SSSR count). The van der Waals surface area contributed by atoms with Gasteiger partial charge < -0.3 is 4.74 Å². The lowest BCUT2D eigenvalue weighted by Crippen LogP contribution is -2.44. The molecule has 0 amide bonds. The van der Waals surface area contributed by atoms with Crippen LogP contribution in [0.4, 0.5) is 13.2 Å². The first-order valence-corrected chi connectivity index (χ1v) is 9.68. The Morgan fingerprint density at radius 2 is 1.93 bits per heavy atom. The summed E-state index contributed by atoms with van der Waals surface area (Å²) >= 11 is -0.0968. The number of ether oxygens (including phenoxy) is 1. The average molecular weight is 396 g/mol. The van der Waals surface area contributed by atoms with Crippen LogP contribution in [-0.4, -0.2) is 24.2 Å². The van der Waals surface area contributed by atoms with Crippen molar-refractivity contribution >= 4 is 11.8 Å². The van der Waals surface area contributed by atoms with Gasteiger partial charge in [-0.15, -0.1) is 0 Å². The van der Waals surface area contributed by atoms with Gasteiger partial charge in [-0.05, 0) is 66.3 Å². The lowest BCUT2D eigenvalue weighted by atomic mass is 9.81. The molecule has 3 nitrogen and oxygen atoms in total. The molecule has 2 aromatic carbocycles. The Balaban J connectivity index is 1.88. The largest absolute Gasteiger partial charge is 0.496 e. The van der Waals surface area contributed by atoms with Crippen LogP contribution in [0.15, 0.2) is 53.4 Å². The van der Waals surface area contributed by atoms with Crippen molar-refractivity contribution in [1.29, 1.82) is 0 Å². The molecule has 0 bridgehead atoms. The van der Waals surface area contributed by atoms with E-state index in [1.54, 1.807) is 19.2 Å². The SMILES string of the molecule is COc1ccc(SC(F)(F)F)cc1CC1CCCN(N)C1c1ccccc1. The number of hydrazine groups is 1. The molecule has 0 aliphatic carbocycles. The number of thioether (sulfide) groups is 1. The van der Waals surface area contributed by atoms with Crippen molar-refractivity contribution in [2.75, 3.05) is 13.7 Å². The van der Waals surface area contributed by atoms with Crippen molar-refractivity contribution in [3.8, 4) is 5.75 Å². The minimum atomic E-state index is -4.31. The van der Waals surface area contributed by atoms with Gasteiger partial charge in [0.15, 0.2) is 0 Å². The second-order valence-electron chi connectivity index (χ2n) is 6.72. The van der Waals surface area contributed by atoms with Crippen molar-refractivity contribution < 1.29 is 17.9 Å². The summed E-state index contributed by atoms with van der Waals surface area (Å²) in [6.07, 6.45) is 2.54. The van der Waals surface area contributed by atoms with E-state index >= 15 is 0 Å². The minimum Gasteiger partial charge on any atom is -0.496 e. The number of nitrogens with zero attached hydrogens (tertiary/aromatic N) is 1. The van der Waals surface area contributed by atoms with Gasteiger partial charge in [0.05, 0.1) is 13.2 Å². The summed E-state index contributed by atoms with van der Waals surface area (Å²) < 4.78 is 43.7. The second-order valence-corrected chi connectivity index (χ2v) is 7.86. The molecular formula is C20H23F3N2OS. The first-order valence-electron chi connectivity index (χ1n) is 8.86. The third-order valence-corrected chi connectivity index (χ3v) is 5.62. The molecule has 1 aliphatic rings. The molecule has 27 heavy (non-hydrogen) atoms. The van der Waals surface area contributed by atoms with Gasteiger partial charge in [-0.1, -0.05) is 30.3 Å². The van der Waals surface area contributed by atoms with Crippen LogP contribution < -0.4 is 10.6 Å². The molecule has 1 saturated heterocycles. The monoisotopic (exact) mass is 396 g/mol. The topological polar surface area (TPSA) is 38.5 Å². The molecule has 1 heterocycles. The zero-order chi connectivity index (χ0) is 19.4. The van der Waals surface area contributed by atoms with Crippen molar-refractivity contribution in [2.24, 2.45) is 11.8 Å². The maximum absolute atomic E-state index is 12.8. The highest BCUT2D eigenvalue weighted by atomic mass is 32.2. The molecule has 2 N–H and O–H groups in total. The summed E-state index contributed by atoms with van der Waals surface area (Å²) in [5.41, 5.74) is -2.39. The Labute approximate surface area is 161 Å². The molecule has 146 valence electrons. The van der Waals surface area contributed by atoms with Gasteiger partial charge in [0.2, 0.25) is 0 Å².